The predicted octanol–water partition coefficient (Wildman–Crippen LogP) is 5.18. The van der Waals surface area contributed by atoms with E-state index in [1.54, 1.807) is 18.2 Å². The minimum atomic E-state index is -4.53. The number of nitrogens with one attached hydrogen (secondary N) is 1. The number of benzene rings is 2. The maximum atomic E-state index is 13.5. The van der Waals surface area contributed by atoms with E-state index >= 15 is 0 Å². The fourth-order valence-electron chi connectivity index (χ4n) is 4.48. The summed E-state index contributed by atoms with van der Waals surface area (Å²) in [6, 6.07) is 16.4. The van der Waals surface area contributed by atoms with Gasteiger partial charge >= 0.3 is 6.18 Å². The number of nitrogens with zero attached hydrogens (tertiary/aromatic N) is 2. The number of carbonyl (C=O) groups is 1. The first-order valence-corrected chi connectivity index (χ1v) is 12.2. The van der Waals surface area contributed by atoms with Crippen LogP contribution in [-0.4, -0.2) is 49.1 Å². The molecule has 0 aliphatic carbocycles. The highest BCUT2D eigenvalue weighted by molar-refractivity contribution is 5.79. The lowest BCUT2D eigenvalue weighted by atomic mass is 9.96. The van der Waals surface area contributed by atoms with Crippen LogP contribution in [0.2, 0.25) is 0 Å². The molecule has 4 rings (SSSR count). The average molecular weight is 514 g/mol. The van der Waals surface area contributed by atoms with Gasteiger partial charge in [-0.3, -0.25) is 9.78 Å². The average Bonchev–Trinajstić information content (AvgIpc) is 2.92. The number of pyridine rings is 1. The van der Waals surface area contributed by atoms with Gasteiger partial charge < -0.3 is 19.7 Å². The van der Waals surface area contributed by atoms with E-state index in [0.717, 1.165) is 30.3 Å². The van der Waals surface area contributed by atoms with Crippen LogP contribution in [0.3, 0.4) is 0 Å². The zero-order valence-corrected chi connectivity index (χ0v) is 20.6. The van der Waals surface area contributed by atoms with Gasteiger partial charge in [0.2, 0.25) is 5.91 Å². The van der Waals surface area contributed by atoms with Gasteiger partial charge in [-0.25, -0.2) is 0 Å². The number of halogens is 3. The number of alkyl halides is 3. The van der Waals surface area contributed by atoms with Gasteiger partial charge in [0.25, 0.3) is 0 Å². The number of para-hydroxylation sites is 1. The molecule has 1 fully saturated rings. The van der Waals surface area contributed by atoms with Crippen LogP contribution < -0.4 is 14.8 Å². The van der Waals surface area contributed by atoms with Crippen molar-refractivity contribution in [1.82, 2.24) is 15.2 Å². The minimum Gasteiger partial charge on any atom is -0.497 e. The van der Waals surface area contributed by atoms with Crippen LogP contribution in [0.1, 0.15) is 24.1 Å². The first-order chi connectivity index (χ1) is 17.9. The molecule has 2 heterocycles. The van der Waals surface area contributed by atoms with E-state index in [-0.39, 0.29) is 37.3 Å². The van der Waals surface area contributed by atoms with Crippen molar-refractivity contribution in [2.75, 3.05) is 33.4 Å². The molecule has 1 aliphatic heterocycles. The topological polar surface area (TPSA) is 63.7 Å². The monoisotopic (exact) mass is 513 g/mol. The van der Waals surface area contributed by atoms with Crippen molar-refractivity contribution in [2.24, 2.45) is 5.92 Å². The van der Waals surface area contributed by atoms with E-state index in [2.05, 4.69) is 10.3 Å². The van der Waals surface area contributed by atoms with Crippen molar-refractivity contribution >= 4 is 5.91 Å². The van der Waals surface area contributed by atoms with Crippen molar-refractivity contribution in [1.29, 1.82) is 0 Å². The first kappa shape index (κ1) is 26.5. The van der Waals surface area contributed by atoms with E-state index in [1.165, 1.54) is 18.2 Å². The Morgan fingerprint density at radius 3 is 2.62 bits per heavy atom. The Labute approximate surface area is 214 Å². The molecular formula is C28H30F3N3O3. The lowest BCUT2D eigenvalue weighted by molar-refractivity contribution is -0.140. The molecule has 9 heteroatoms. The van der Waals surface area contributed by atoms with E-state index in [1.807, 2.05) is 36.4 Å². The summed E-state index contributed by atoms with van der Waals surface area (Å²) in [4.78, 5) is 19.7. The Bertz CT molecular complexity index is 1200. The molecule has 3 aromatic rings. The van der Waals surface area contributed by atoms with Gasteiger partial charge in [-0.2, -0.15) is 13.2 Å². The van der Waals surface area contributed by atoms with Crippen LogP contribution in [0.5, 0.6) is 11.5 Å². The Hall–Kier alpha value is -3.59. The van der Waals surface area contributed by atoms with Crippen LogP contribution in [0.4, 0.5) is 13.2 Å². The molecule has 0 radical (unpaired) electrons. The predicted molar refractivity (Wildman–Crippen MR) is 134 cm³/mol. The lowest BCUT2D eigenvalue weighted by Gasteiger charge is -2.30. The van der Waals surface area contributed by atoms with Crippen LogP contribution in [-0.2, 0) is 17.5 Å². The third-order valence-electron chi connectivity index (χ3n) is 6.42. The fourth-order valence-corrected chi connectivity index (χ4v) is 4.48. The highest BCUT2D eigenvalue weighted by atomic mass is 19.4. The molecule has 1 aliphatic rings. The number of aromatic nitrogens is 1. The summed E-state index contributed by atoms with van der Waals surface area (Å²) in [6.07, 6.45) is -1.45. The van der Waals surface area contributed by atoms with E-state index in [4.69, 9.17) is 9.47 Å². The summed E-state index contributed by atoms with van der Waals surface area (Å²) in [6.45, 7) is 1.76. The molecule has 196 valence electrons. The van der Waals surface area contributed by atoms with Crippen molar-refractivity contribution in [2.45, 2.75) is 25.6 Å². The third-order valence-corrected chi connectivity index (χ3v) is 6.42. The second-order valence-electron chi connectivity index (χ2n) is 8.86. The van der Waals surface area contributed by atoms with Crippen LogP contribution >= 0.6 is 0 Å². The van der Waals surface area contributed by atoms with E-state index < -0.39 is 11.7 Å². The van der Waals surface area contributed by atoms with Gasteiger partial charge in [-0.1, -0.05) is 30.3 Å². The largest absolute Gasteiger partial charge is 0.497 e. The smallest absolute Gasteiger partial charge is 0.419 e. The molecule has 1 saturated heterocycles. The molecule has 0 atom stereocenters. The number of carbonyl (C=O) groups excluding carboxylic acids is 1. The molecule has 0 saturated carbocycles. The zero-order valence-electron chi connectivity index (χ0n) is 20.6. The van der Waals surface area contributed by atoms with Gasteiger partial charge in [0.05, 0.1) is 31.5 Å². The number of amides is 1. The maximum absolute atomic E-state index is 13.5. The summed E-state index contributed by atoms with van der Waals surface area (Å²) in [5.74, 6) is 0.245. The van der Waals surface area contributed by atoms with Gasteiger partial charge in [-0.15, -0.1) is 0 Å². The van der Waals surface area contributed by atoms with Crippen molar-refractivity contribution in [3.63, 3.8) is 0 Å². The molecule has 1 amide bonds. The summed E-state index contributed by atoms with van der Waals surface area (Å²) in [5, 5.41) is 3.26. The number of piperidine rings is 1. The molecule has 1 aromatic heterocycles. The number of methoxy groups -OCH3 is 1. The van der Waals surface area contributed by atoms with Crippen LogP contribution in [0, 0.1) is 5.92 Å². The standard InChI is InChI=1S/C28H30F3N3O3/c1-36-22-7-4-6-21(18-22)23-8-5-13-33-25(23)19-34(27(35)20-11-14-32-15-12-20)16-17-37-26-10-3-2-9-24(26)28(29,30)31/h2-10,13,18,20,32H,11-12,14-17,19H2,1H3. The summed E-state index contributed by atoms with van der Waals surface area (Å²) < 4.78 is 51.1. The summed E-state index contributed by atoms with van der Waals surface area (Å²) in [7, 11) is 1.60. The molecule has 6 nitrogen and oxygen atoms in total. The quantitative estimate of drug-likeness (QED) is 0.427. The summed E-state index contributed by atoms with van der Waals surface area (Å²) in [5.41, 5.74) is 1.60. The molecule has 1 N–H and O–H groups in total. The fraction of sp³-hybridized carbons (Fsp3) is 0.357. The number of ether oxygens (including phenoxy) is 2. The molecule has 0 spiro atoms. The zero-order chi connectivity index (χ0) is 26.3. The molecule has 37 heavy (non-hydrogen) atoms. The van der Waals surface area contributed by atoms with Gasteiger partial charge in [-0.05, 0) is 61.8 Å². The van der Waals surface area contributed by atoms with E-state index in [9.17, 15) is 18.0 Å². The Balaban J connectivity index is 1.56. The SMILES string of the molecule is COc1cccc(-c2cccnc2CN(CCOc2ccccc2C(F)(F)F)C(=O)C2CCNCC2)c1. The highest BCUT2D eigenvalue weighted by Crippen LogP contribution is 2.36. The summed E-state index contributed by atoms with van der Waals surface area (Å²) >= 11 is 0. The molecule has 0 bridgehead atoms. The van der Waals surface area contributed by atoms with Crippen molar-refractivity contribution in [3.8, 4) is 22.6 Å². The minimum absolute atomic E-state index is 0.0450. The molecular weight excluding hydrogens is 483 g/mol. The van der Waals surface area contributed by atoms with Gasteiger partial charge in [0, 0.05) is 17.7 Å². The number of hydrogen-bond acceptors (Lipinski definition) is 5. The van der Waals surface area contributed by atoms with Crippen LogP contribution in [0.25, 0.3) is 11.1 Å². The number of hydrogen-bond donors (Lipinski definition) is 1. The Morgan fingerprint density at radius 1 is 1.08 bits per heavy atom. The van der Waals surface area contributed by atoms with Gasteiger partial charge in [0.15, 0.2) is 0 Å². The second kappa shape index (κ2) is 12.1. The molecule has 0 unspecified atom stereocenters. The van der Waals surface area contributed by atoms with Crippen molar-refractivity contribution in [3.05, 3.63) is 78.1 Å². The second-order valence-corrected chi connectivity index (χ2v) is 8.86. The normalized spacial score (nSPS) is 14.3. The third kappa shape index (κ3) is 6.80. The maximum Gasteiger partial charge on any atom is 0.419 e. The first-order valence-electron chi connectivity index (χ1n) is 12.2. The number of rotatable bonds is 9. The van der Waals surface area contributed by atoms with Crippen LogP contribution in [0.15, 0.2) is 66.9 Å². The van der Waals surface area contributed by atoms with Crippen molar-refractivity contribution < 1.29 is 27.4 Å². The Morgan fingerprint density at radius 2 is 1.86 bits per heavy atom. The highest BCUT2D eigenvalue weighted by Gasteiger charge is 2.34. The van der Waals surface area contributed by atoms with Gasteiger partial charge in [0.1, 0.15) is 18.1 Å². The Kier molecular flexibility index (Phi) is 8.66. The molecule has 2 aromatic carbocycles. The lowest BCUT2D eigenvalue weighted by Crippen LogP contribution is -2.42. The van der Waals surface area contributed by atoms with E-state index in [0.29, 0.717) is 24.3 Å².